The van der Waals surface area contributed by atoms with Crippen LogP contribution in [-0.4, -0.2) is 56.1 Å². The van der Waals surface area contributed by atoms with E-state index in [4.69, 9.17) is 37.4 Å². The summed E-state index contributed by atoms with van der Waals surface area (Å²) in [5, 5.41) is 10.7. The van der Waals surface area contributed by atoms with Gasteiger partial charge in [0.05, 0.1) is 24.8 Å². The van der Waals surface area contributed by atoms with Crippen LogP contribution in [0.25, 0.3) is 0 Å². The molecule has 3 rings (SSSR count). The van der Waals surface area contributed by atoms with E-state index in [9.17, 15) is 9.50 Å². The van der Waals surface area contributed by atoms with E-state index in [2.05, 4.69) is 0 Å². The van der Waals surface area contributed by atoms with Gasteiger partial charge in [0, 0.05) is 30.2 Å². The molecule has 1 N–H and O–H groups in total. The topological polar surface area (TPSA) is 51.2 Å². The molecule has 160 valence electrons. The van der Waals surface area contributed by atoms with Crippen molar-refractivity contribution in [3.8, 4) is 11.5 Å². The molecule has 2 aromatic carbocycles. The number of halogens is 4. The highest BCUT2D eigenvalue weighted by atomic mass is 35.5. The minimum absolute atomic E-state index is 0. The van der Waals surface area contributed by atoms with Gasteiger partial charge in [-0.05, 0) is 24.3 Å². The number of β-amino-alcohol motifs (C(OH)–C–C–N with tert-alkyl or cyclic N) is 1. The lowest BCUT2D eigenvalue weighted by Gasteiger charge is -2.34. The molecule has 2 unspecified atom stereocenters. The second-order valence-corrected chi connectivity index (χ2v) is 7.34. The summed E-state index contributed by atoms with van der Waals surface area (Å²) in [4.78, 5) is 2.03. The van der Waals surface area contributed by atoms with E-state index >= 15 is 0 Å². The van der Waals surface area contributed by atoms with Crippen molar-refractivity contribution in [2.75, 3.05) is 40.0 Å². The summed E-state index contributed by atoms with van der Waals surface area (Å²) in [5.41, 5.74) is 0.549. The Labute approximate surface area is 185 Å². The van der Waals surface area contributed by atoms with Crippen LogP contribution in [0.5, 0.6) is 11.5 Å². The molecule has 9 heteroatoms. The largest absolute Gasteiger partial charge is 0.493 e. The van der Waals surface area contributed by atoms with Crippen molar-refractivity contribution in [3.05, 3.63) is 57.8 Å². The lowest BCUT2D eigenvalue weighted by molar-refractivity contribution is -0.0460. The fraction of sp³-hybridized carbons (Fsp3) is 0.400. The van der Waals surface area contributed by atoms with E-state index in [1.807, 2.05) is 17.0 Å². The quantitative estimate of drug-likeness (QED) is 0.614. The molecule has 1 saturated heterocycles. The summed E-state index contributed by atoms with van der Waals surface area (Å²) in [7, 11) is 1.57. The van der Waals surface area contributed by atoms with E-state index in [0.717, 1.165) is 0 Å². The number of morpholine rings is 1. The SMILES string of the molecule is COc1ccccc1OCC(O)CN1CCOC(c2cc(F)c(Cl)cc2Cl)C1.Cl. The lowest BCUT2D eigenvalue weighted by atomic mass is 10.1. The van der Waals surface area contributed by atoms with Gasteiger partial charge in [-0.15, -0.1) is 12.4 Å². The Bertz CT molecular complexity index is 811. The van der Waals surface area contributed by atoms with Crippen LogP contribution in [0, 0.1) is 5.82 Å². The van der Waals surface area contributed by atoms with Crippen molar-refractivity contribution < 1.29 is 23.7 Å². The summed E-state index contributed by atoms with van der Waals surface area (Å²) >= 11 is 12.0. The Balaban J connectivity index is 0.00000300. The molecular formula is C20H23Cl3FNO4. The number of hydrogen-bond acceptors (Lipinski definition) is 5. The predicted octanol–water partition coefficient (Wildman–Crippen LogP) is 4.38. The number of benzene rings is 2. The molecule has 1 aliphatic rings. The molecule has 29 heavy (non-hydrogen) atoms. The standard InChI is InChI=1S/C20H22Cl2FNO4.ClH/c1-26-18-4-2-3-5-19(18)28-12-13(25)10-24-6-7-27-20(11-24)14-8-17(23)16(22)9-15(14)21;/h2-5,8-9,13,20,25H,6-7,10-12H2,1H3;1H. The van der Waals surface area contributed by atoms with Gasteiger partial charge in [0.2, 0.25) is 0 Å². The molecular weight excluding hydrogens is 444 g/mol. The van der Waals surface area contributed by atoms with Gasteiger partial charge in [-0.2, -0.15) is 0 Å². The van der Waals surface area contributed by atoms with Crippen LogP contribution in [0.4, 0.5) is 4.39 Å². The maximum absolute atomic E-state index is 13.8. The highest BCUT2D eigenvalue weighted by Gasteiger charge is 2.26. The van der Waals surface area contributed by atoms with Crippen molar-refractivity contribution in [3.63, 3.8) is 0 Å². The average molecular weight is 467 g/mol. The Morgan fingerprint density at radius 2 is 1.97 bits per heavy atom. The number of aliphatic hydroxyl groups is 1. The van der Waals surface area contributed by atoms with E-state index < -0.39 is 18.0 Å². The maximum atomic E-state index is 13.8. The summed E-state index contributed by atoms with van der Waals surface area (Å²) in [6.45, 7) is 2.09. The van der Waals surface area contributed by atoms with Crippen molar-refractivity contribution in [2.45, 2.75) is 12.2 Å². The van der Waals surface area contributed by atoms with Crippen molar-refractivity contribution in [1.82, 2.24) is 4.90 Å². The first kappa shape index (κ1) is 24.0. The summed E-state index contributed by atoms with van der Waals surface area (Å²) in [5.74, 6) is 0.653. The molecule has 0 radical (unpaired) electrons. The summed E-state index contributed by atoms with van der Waals surface area (Å²) in [6.07, 6.45) is -1.10. The molecule has 1 heterocycles. The summed E-state index contributed by atoms with van der Waals surface area (Å²) in [6, 6.07) is 9.95. The third kappa shape index (κ3) is 6.35. The first-order valence-electron chi connectivity index (χ1n) is 8.90. The van der Waals surface area contributed by atoms with Gasteiger partial charge < -0.3 is 19.3 Å². The number of aliphatic hydroxyl groups excluding tert-OH is 1. The fourth-order valence-electron chi connectivity index (χ4n) is 3.12. The Kier molecular flexibility index (Phi) is 9.27. The number of methoxy groups -OCH3 is 1. The van der Waals surface area contributed by atoms with E-state index in [1.54, 1.807) is 19.2 Å². The van der Waals surface area contributed by atoms with Crippen molar-refractivity contribution >= 4 is 35.6 Å². The third-order valence-electron chi connectivity index (χ3n) is 4.51. The molecule has 0 aromatic heterocycles. The molecule has 2 atom stereocenters. The zero-order chi connectivity index (χ0) is 20.1. The van der Waals surface area contributed by atoms with Crippen LogP contribution in [0.15, 0.2) is 36.4 Å². The highest BCUT2D eigenvalue weighted by Crippen LogP contribution is 2.32. The minimum atomic E-state index is -0.707. The Hall–Kier alpha value is -1.28. The first-order valence-corrected chi connectivity index (χ1v) is 9.65. The monoisotopic (exact) mass is 465 g/mol. The van der Waals surface area contributed by atoms with Gasteiger partial charge in [0.25, 0.3) is 0 Å². The van der Waals surface area contributed by atoms with Gasteiger partial charge in [-0.25, -0.2) is 4.39 Å². The Morgan fingerprint density at radius 1 is 1.24 bits per heavy atom. The third-order valence-corrected chi connectivity index (χ3v) is 5.12. The first-order chi connectivity index (χ1) is 13.5. The van der Waals surface area contributed by atoms with Crippen molar-refractivity contribution in [1.29, 1.82) is 0 Å². The lowest BCUT2D eigenvalue weighted by Crippen LogP contribution is -2.43. The molecule has 1 aliphatic heterocycles. The summed E-state index contributed by atoms with van der Waals surface area (Å²) < 4.78 is 30.5. The molecule has 0 saturated carbocycles. The molecule has 0 spiro atoms. The van der Waals surface area contributed by atoms with Crippen LogP contribution in [-0.2, 0) is 4.74 Å². The van der Waals surface area contributed by atoms with Gasteiger partial charge in [0.15, 0.2) is 11.5 Å². The van der Waals surface area contributed by atoms with Crippen LogP contribution in [0.3, 0.4) is 0 Å². The fourth-order valence-corrected chi connectivity index (χ4v) is 3.62. The molecule has 0 bridgehead atoms. The molecule has 2 aromatic rings. The van der Waals surface area contributed by atoms with Crippen molar-refractivity contribution in [2.24, 2.45) is 0 Å². The van der Waals surface area contributed by atoms with Crippen LogP contribution in [0.2, 0.25) is 10.0 Å². The van der Waals surface area contributed by atoms with Gasteiger partial charge in [-0.1, -0.05) is 35.3 Å². The molecule has 0 aliphatic carbocycles. The number of hydrogen-bond donors (Lipinski definition) is 1. The molecule has 1 fully saturated rings. The number of nitrogens with zero attached hydrogens (tertiary/aromatic N) is 1. The second kappa shape index (κ2) is 11.2. The van der Waals surface area contributed by atoms with E-state index in [0.29, 0.717) is 48.3 Å². The van der Waals surface area contributed by atoms with E-state index in [1.165, 1.54) is 12.1 Å². The number of rotatable bonds is 7. The maximum Gasteiger partial charge on any atom is 0.161 e. The number of para-hydroxylation sites is 2. The molecule has 5 nitrogen and oxygen atoms in total. The van der Waals surface area contributed by atoms with E-state index in [-0.39, 0.29) is 24.0 Å². The second-order valence-electron chi connectivity index (χ2n) is 6.52. The van der Waals surface area contributed by atoms with Crippen LogP contribution in [0.1, 0.15) is 11.7 Å². The zero-order valence-electron chi connectivity index (χ0n) is 15.8. The van der Waals surface area contributed by atoms with Crippen LogP contribution < -0.4 is 9.47 Å². The Morgan fingerprint density at radius 3 is 2.69 bits per heavy atom. The molecule has 0 amide bonds. The zero-order valence-corrected chi connectivity index (χ0v) is 18.1. The van der Waals surface area contributed by atoms with Gasteiger partial charge >= 0.3 is 0 Å². The number of ether oxygens (including phenoxy) is 3. The normalized spacial score (nSPS) is 18.0. The van der Waals surface area contributed by atoms with Gasteiger partial charge in [-0.3, -0.25) is 4.90 Å². The average Bonchev–Trinajstić information content (AvgIpc) is 2.69. The predicted molar refractivity (Wildman–Crippen MR) is 113 cm³/mol. The smallest absolute Gasteiger partial charge is 0.161 e. The van der Waals surface area contributed by atoms with Crippen LogP contribution >= 0.6 is 35.6 Å². The minimum Gasteiger partial charge on any atom is -0.493 e. The van der Waals surface area contributed by atoms with Gasteiger partial charge in [0.1, 0.15) is 18.5 Å². The highest BCUT2D eigenvalue weighted by molar-refractivity contribution is 6.35.